The molecule has 1 aromatic carbocycles. The van der Waals surface area contributed by atoms with Crippen LogP contribution in [0, 0.1) is 0 Å². The van der Waals surface area contributed by atoms with Crippen molar-refractivity contribution in [2.45, 2.75) is 63.5 Å². The van der Waals surface area contributed by atoms with Gasteiger partial charge in [-0.3, -0.25) is 4.90 Å². The fourth-order valence-corrected chi connectivity index (χ4v) is 4.82. The number of likely N-dealkylation sites (tertiary alicyclic amines) is 1. The van der Waals surface area contributed by atoms with Crippen LogP contribution in [0.15, 0.2) is 18.2 Å². The van der Waals surface area contributed by atoms with Crippen molar-refractivity contribution < 1.29 is 9.47 Å². The predicted molar refractivity (Wildman–Crippen MR) is 100 cm³/mol. The molecule has 3 aliphatic rings. The SMILES string of the molecule is c1cc2c(cc1CNCC1(N3CCCCC3)CCCCC1)OCCO2. The molecule has 0 spiro atoms. The highest BCUT2D eigenvalue weighted by Gasteiger charge is 2.37. The highest BCUT2D eigenvalue weighted by molar-refractivity contribution is 5.43. The number of nitrogens with zero attached hydrogens (tertiary/aromatic N) is 1. The van der Waals surface area contributed by atoms with Crippen molar-refractivity contribution in [1.82, 2.24) is 10.2 Å². The second kappa shape index (κ2) is 7.96. The smallest absolute Gasteiger partial charge is 0.161 e. The Kier molecular flexibility index (Phi) is 5.47. The summed E-state index contributed by atoms with van der Waals surface area (Å²) in [5, 5.41) is 3.78. The van der Waals surface area contributed by atoms with Gasteiger partial charge < -0.3 is 14.8 Å². The first kappa shape index (κ1) is 17.2. The van der Waals surface area contributed by atoms with Crippen LogP contribution in [0.3, 0.4) is 0 Å². The molecule has 1 saturated carbocycles. The van der Waals surface area contributed by atoms with E-state index in [1.807, 2.05) is 6.07 Å². The van der Waals surface area contributed by atoms with E-state index in [2.05, 4.69) is 22.3 Å². The van der Waals surface area contributed by atoms with Crippen LogP contribution < -0.4 is 14.8 Å². The van der Waals surface area contributed by atoms with Crippen molar-refractivity contribution in [3.8, 4) is 11.5 Å². The zero-order valence-electron chi connectivity index (χ0n) is 15.4. The Balaban J connectivity index is 1.38. The quantitative estimate of drug-likeness (QED) is 0.882. The van der Waals surface area contributed by atoms with Gasteiger partial charge in [-0.2, -0.15) is 0 Å². The molecule has 0 aromatic heterocycles. The summed E-state index contributed by atoms with van der Waals surface area (Å²) < 4.78 is 11.3. The van der Waals surface area contributed by atoms with Crippen LogP contribution in [0.1, 0.15) is 56.9 Å². The molecule has 1 N–H and O–H groups in total. The molecular formula is C21H32N2O2. The molecule has 1 aromatic rings. The van der Waals surface area contributed by atoms with Gasteiger partial charge in [0.05, 0.1) is 0 Å². The van der Waals surface area contributed by atoms with Gasteiger partial charge in [-0.15, -0.1) is 0 Å². The third kappa shape index (κ3) is 3.95. The normalized spacial score (nSPS) is 23.4. The minimum atomic E-state index is 0.395. The predicted octanol–water partition coefficient (Wildman–Crippen LogP) is 3.74. The molecule has 0 amide bonds. The van der Waals surface area contributed by atoms with Gasteiger partial charge in [-0.1, -0.05) is 31.7 Å². The number of hydrogen-bond acceptors (Lipinski definition) is 4. The Hall–Kier alpha value is -1.26. The average Bonchev–Trinajstić information content (AvgIpc) is 2.69. The second-order valence-electron chi connectivity index (χ2n) is 7.91. The number of hydrogen-bond donors (Lipinski definition) is 1. The molecule has 0 unspecified atom stereocenters. The van der Waals surface area contributed by atoms with Crippen LogP contribution in [0.25, 0.3) is 0 Å². The highest BCUT2D eigenvalue weighted by atomic mass is 16.6. The van der Waals surface area contributed by atoms with Gasteiger partial charge in [0.1, 0.15) is 13.2 Å². The van der Waals surface area contributed by atoms with E-state index in [-0.39, 0.29) is 0 Å². The molecule has 4 nitrogen and oxygen atoms in total. The van der Waals surface area contributed by atoms with E-state index in [1.54, 1.807) is 0 Å². The van der Waals surface area contributed by atoms with E-state index in [0.717, 1.165) is 24.6 Å². The monoisotopic (exact) mass is 344 g/mol. The Bertz CT molecular complexity index is 563. The summed E-state index contributed by atoms with van der Waals surface area (Å²) in [7, 11) is 0. The highest BCUT2D eigenvalue weighted by Crippen LogP contribution is 2.35. The minimum absolute atomic E-state index is 0.395. The minimum Gasteiger partial charge on any atom is -0.486 e. The second-order valence-corrected chi connectivity index (χ2v) is 7.91. The molecule has 138 valence electrons. The fourth-order valence-electron chi connectivity index (χ4n) is 4.82. The lowest BCUT2D eigenvalue weighted by Gasteiger charge is -2.48. The van der Waals surface area contributed by atoms with Crippen molar-refractivity contribution in [3.05, 3.63) is 23.8 Å². The first-order chi connectivity index (χ1) is 12.4. The lowest BCUT2D eigenvalue weighted by Crippen LogP contribution is -2.57. The Morgan fingerprint density at radius 1 is 0.880 bits per heavy atom. The van der Waals surface area contributed by atoms with Crippen molar-refractivity contribution in [3.63, 3.8) is 0 Å². The molecule has 2 heterocycles. The van der Waals surface area contributed by atoms with Gasteiger partial charge in [0, 0.05) is 18.6 Å². The molecular weight excluding hydrogens is 312 g/mol. The van der Waals surface area contributed by atoms with Crippen LogP contribution in [-0.4, -0.2) is 43.3 Å². The Labute approximate surface area is 151 Å². The van der Waals surface area contributed by atoms with Crippen LogP contribution in [0.2, 0.25) is 0 Å². The molecule has 2 aliphatic heterocycles. The summed E-state index contributed by atoms with van der Waals surface area (Å²) in [4.78, 5) is 2.81. The molecule has 1 aliphatic carbocycles. The van der Waals surface area contributed by atoms with Gasteiger partial charge in [-0.25, -0.2) is 0 Å². The van der Waals surface area contributed by atoms with E-state index in [1.165, 1.54) is 70.0 Å². The van der Waals surface area contributed by atoms with Gasteiger partial charge in [0.2, 0.25) is 0 Å². The standard InChI is InChI=1S/C21H32N2O2/c1-3-9-21(10-4-1,23-11-5-2-6-12-23)17-22-16-18-7-8-19-20(15-18)25-14-13-24-19/h7-8,15,22H,1-6,9-14,16-17H2. The summed E-state index contributed by atoms with van der Waals surface area (Å²) in [6.07, 6.45) is 11.1. The van der Waals surface area contributed by atoms with Crippen molar-refractivity contribution in [2.75, 3.05) is 32.8 Å². The van der Waals surface area contributed by atoms with Crippen molar-refractivity contribution in [2.24, 2.45) is 0 Å². The van der Waals surface area contributed by atoms with Crippen LogP contribution in [0.5, 0.6) is 11.5 Å². The number of ether oxygens (including phenoxy) is 2. The zero-order chi connectivity index (χ0) is 17.0. The van der Waals surface area contributed by atoms with E-state index >= 15 is 0 Å². The van der Waals surface area contributed by atoms with E-state index in [4.69, 9.17) is 9.47 Å². The number of rotatable bonds is 5. The lowest BCUT2D eigenvalue weighted by atomic mass is 9.79. The third-order valence-electron chi connectivity index (χ3n) is 6.20. The lowest BCUT2D eigenvalue weighted by molar-refractivity contribution is 0.0333. The van der Waals surface area contributed by atoms with E-state index in [0.29, 0.717) is 18.8 Å². The number of benzene rings is 1. The van der Waals surface area contributed by atoms with Crippen molar-refractivity contribution >= 4 is 0 Å². The first-order valence-corrected chi connectivity index (χ1v) is 10.2. The van der Waals surface area contributed by atoms with Crippen LogP contribution >= 0.6 is 0 Å². The Morgan fingerprint density at radius 2 is 1.60 bits per heavy atom. The van der Waals surface area contributed by atoms with Crippen molar-refractivity contribution in [1.29, 1.82) is 0 Å². The fraction of sp³-hybridized carbons (Fsp3) is 0.714. The van der Waals surface area contributed by atoms with E-state index in [9.17, 15) is 0 Å². The maximum absolute atomic E-state index is 5.71. The topological polar surface area (TPSA) is 33.7 Å². The third-order valence-corrected chi connectivity index (χ3v) is 6.20. The Morgan fingerprint density at radius 3 is 2.40 bits per heavy atom. The molecule has 2 fully saturated rings. The number of fused-ring (bicyclic) bond motifs is 1. The molecule has 0 radical (unpaired) electrons. The molecule has 25 heavy (non-hydrogen) atoms. The molecule has 1 saturated heterocycles. The number of piperidine rings is 1. The van der Waals surface area contributed by atoms with E-state index < -0.39 is 0 Å². The van der Waals surface area contributed by atoms with Gasteiger partial charge in [0.25, 0.3) is 0 Å². The largest absolute Gasteiger partial charge is 0.486 e. The average molecular weight is 344 g/mol. The van der Waals surface area contributed by atoms with Gasteiger partial charge >= 0.3 is 0 Å². The summed E-state index contributed by atoms with van der Waals surface area (Å²) in [6.45, 7) is 5.93. The summed E-state index contributed by atoms with van der Waals surface area (Å²) in [5.74, 6) is 1.78. The molecule has 4 rings (SSSR count). The van der Waals surface area contributed by atoms with Crippen LogP contribution in [-0.2, 0) is 6.54 Å². The maximum atomic E-state index is 5.71. The van der Waals surface area contributed by atoms with Gasteiger partial charge in [-0.05, 0) is 56.5 Å². The summed E-state index contributed by atoms with van der Waals surface area (Å²) in [6, 6.07) is 6.34. The summed E-state index contributed by atoms with van der Waals surface area (Å²) in [5.41, 5.74) is 1.68. The number of nitrogens with one attached hydrogen (secondary N) is 1. The van der Waals surface area contributed by atoms with Crippen LogP contribution in [0.4, 0.5) is 0 Å². The van der Waals surface area contributed by atoms with Gasteiger partial charge in [0.15, 0.2) is 11.5 Å². The molecule has 0 bridgehead atoms. The summed E-state index contributed by atoms with van der Waals surface area (Å²) >= 11 is 0. The zero-order valence-corrected chi connectivity index (χ0v) is 15.4. The maximum Gasteiger partial charge on any atom is 0.161 e. The molecule has 4 heteroatoms. The molecule has 0 atom stereocenters. The first-order valence-electron chi connectivity index (χ1n) is 10.2.